The van der Waals surface area contributed by atoms with Crippen LogP contribution in [-0.2, 0) is 6.42 Å². The standard InChI is InChI=1S/C14H18N2/c15-9-8-13(16)10-12-6-3-5-11-4-1-2-7-14(11)12/h1-7,13H,8-10,15-16H2. The molecule has 0 spiro atoms. The van der Waals surface area contributed by atoms with Crippen LogP contribution in [0.25, 0.3) is 10.8 Å². The van der Waals surface area contributed by atoms with Gasteiger partial charge in [0.05, 0.1) is 0 Å². The highest BCUT2D eigenvalue weighted by Gasteiger charge is 2.05. The summed E-state index contributed by atoms with van der Waals surface area (Å²) in [6.07, 6.45) is 1.78. The zero-order valence-electron chi connectivity index (χ0n) is 9.39. The molecular formula is C14H18N2. The van der Waals surface area contributed by atoms with Gasteiger partial charge in [0.15, 0.2) is 0 Å². The number of nitrogens with two attached hydrogens (primary N) is 2. The molecular weight excluding hydrogens is 196 g/mol. The van der Waals surface area contributed by atoms with Crippen molar-refractivity contribution in [2.45, 2.75) is 18.9 Å². The van der Waals surface area contributed by atoms with Crippen molar-refractivity contribution in [2.75, 3.05) is 6.54 Å². The highest BCUT2D eigenvalue weighted by Crippen LogP contribution is 2.19. The average molecular weight is 214 g/mol. The van der Waals surface area contributed by atoms with Crippen molar-refractivity contribution in [3.05, 3.63) is 48.0 Å². The zero-order chi connectivity index (χ0) is 11.4. The third-order valence-corrected chi connectivity index (χ3v) is 2.90. The molecule has 0 amide bonds. The van der Waals surface area contributed by atoms with E-state index in [1.54, 1.807) is 0 Å². The number of hydrogen-bond acceptors (Lipinski definition) is 2. The van der Waals surface area contributed by atoms with E-state index in [0.717, 1.165) is 12.8 Å². The van der Waals surface area contributed by atoms with Gasteiger partial charge in [-0.3, -0.25) is 0 Å². The monoisotopic (exact) mass is 214 g/mol. The van der Waals surface area contributed by atoms with Crippen molar-refractivity contribution in [3.63, 3.8) is 0 Å². The van der Waals surface area contributed by atoms with Gasteiger partial charge in [-0.25, -0.2) is 0 Å². The molecule has 1 unspecified atom stereocenters. The largest absolute Gasteiger partial charge is 0.330 e. The second kappa shape index (κ2) is 5.10. The first-order valence-corrected chi connectivity index (χ1v) is 5.73. The van der Waals surface area contributed by atoms with Crippen molar-refractivity contribution in [2.24, 2.45) is 11.5 Å². The van der Waals surface area contributed by atoms with Crippen molar-refractivity contribution in [1.82, 2.24) is 0 Å². The van der Waals surface area contributed by atoms with Crippen molar-refractivity contribution in [3.8, 4) is 0 Å². The second-order valence-corrected chi connectivity index (χ2v) is 4.18. The molecule has 0 saturated heterocycles. The highest BCUT2D eigenvalue weighted by molar-refractivity contribution is 5.85. The third kappa shape index (κ3) is 2.40. The molecule has 2 nitrogen and oxygen atoms in total. The van der Waals surface area contributed by atoms with E-state index in [9.17, 15) is 0 Å². The van der Waals surface area contributed by atoms with E-state index in [4.69, 9.17) is 11.5 Å². The maximum Gasteiger partial charge on any atom is 0.00915 e. The molecule has 16 heavy (non-hydrogen) atoms. The SMILES string of the molecule is NCCC(N)Cc1cccc2ccccc12. The molecule has 0 heterocycles. The summed E-state index contributed by atoms with van der Waals surface area (Å²) < 4.78 is 0. The molecule has 0 aliphatic carbocycles. The first kappa shape index (κ1) is 11.1. The lowest BCUT2D eigenvalue weighted by atomic mass is 9.98. The zero-order valence-corrected chi connectivity index (χ0v) is 9.39. The van der Waals surface area contributed by atoms with Crippen LogP contribution in [0.1, 0.15) is 12.0 Å². The normalized spacial score (nSPS) is 12.9. The minimum Gasteiger partial charge on any atom is -0.330 e. The average Bonchev–Trinajstić information content (AvgIpc) is 2.30. The topological polar surface area (TPSA) is 52.0 Å². The van der Waals surface area contributed by atoms with Crippen LogP contribution in [0.2, 0.25) is 0 Å². The van der Waals surface area contributed by atoms with E-state index in [0.29, 0.717) is 6.54 Å². The summed E-state index contributed by atoms with van der Waals surface area (Å²) in [6, 6.07) is 15.0. The third-order valence-electron chi connectivity index (χ3n) is 2.90. The van der Waals surface area contributed by atoms with Gasteiger partial charge in [-0.15, -0.1) is 0 Å². The fourth-order valence-electron chi connectivity index (χ4n) is 2.07. The summed E-state index contributed by atoms with van der Waals surface area (Å²) in [4.78, 5) is 0. The van der Waals surface area contributed by atoms with Gasteiger partial charge in [0.25, 0.3) is 0 Å². The van der Waals surface area contributed by atoms with E-state index >= 15 is 0 Å². The molecule has 2 aromatic carbocycles. The predicted octanol–water partition coefficient (Wildman–Crippen LogP) is 2.06. The molecule has 4 N–H and O–H groups in total. The number of benzene rings is 2. The quantitative estimate of drug-likeness (QED) is 0.818. The van der Waals surface area contributed by atoms with Gasteiger partial charge >= 0.3 is 0 Å². The maximum absolute atomic E-state index is 6.03. The van der Waals surface area contributed by atoms with Gasteiger partial charge in [-0.05, 0) is 35.7 Å². The summed E-state index contributed by atoms with van der Waals surface area (Å²) in [5, 5.41) is 2.58. The Labute approximate surface area is 96.3 Å². The minimum absolute atomic E-state index is 0.163. The molecule has 0 aromatic heterocycles. The molecule has 0 saturated carbocycles. The van der Waals surface area contributed by atoms with Gasteiger partial charge in [0, 0.05) is 6.04 Å². The van der Waals surface area contributed by atoms with Gasteiger partial charge < -0.3 is 11.5 Å². The van der Waals surface area contributed by atoms with Crippen LogP contribution < -0.4 is 11.5 Å². The first-order chi connectivity index (χ1) is 7.81. The Morgan fingerprint density at radius 1 is 1.00 bits per heavy atom. The molecule has 84 valence electrons. The molecule has 0 bridgehead atoms. The maximum atomic E-state index is 6.03. The lowest BCUT2D eigenvalue weighted by Gasteiger charge is -2.12. The van der Waals surface area contributed by atoms with Crippen LogP contribution in [0, 0.1) is 0 Å². The number of rotatable bonds is 4. The molecule has 2 aromatic rings. The number of fused-ring (bicyclic) bond motifs is 1. The summed E-state index contributed by atoms with van der Waals surface area (Å²) >= 11 is 0. The summed E-state index contributed by atoms with van der Waals surface area (Å²) in [7, 11) is 0. The lowest BCUT2D eigenvalue weighted by molar-refractivity contribution is 0.621. The summed E-state index contributed by atoms with van der Waals surface area (Å²) in [5.41, 5.74) is 12.9. The van der Waals surface area contributed by atoms with E-state index in [1.807, 2.05) is 0 Å². The van der Waals surface area contributed by atoms with Gasteiger partial charge in [-0.1, -0.05) is 42.5 Å². The molecule has 1 atom stereocenters. The molecule has 2 rings (SSSR count). The smallest absolute Gasteiger partial charge is 0.00915 e. The van der Waals surface area contributed by atoms with E-state index in [-0.39, 0.29) is 6.04 Å². The number of hydrogen-bond donors (Lipinski definition) is 2. The summed E-state index contributed by atoms with van der Waals surface area (Å²) in [6.45, 7) is 0.659. The van der Waals surface area contributed by atoms with Crippen LogP contribution in [0.3, 0.4) is 0 Å². The first-order valence-electron chi connectivity index (χ1n) is 5.73. The fraction of sp³-hybridized carbons (Fsp3) is 0.286. The predicted molar refractivity (Wildman–Crippen MR) is 69.3 cm³/mol. The molecule has 0 aliphatic rings. The van der Waals surface area contributed by atoms with Gasteiger partial charge in [0.1, 0.15) is 0 Å². The lowest BCUT2D eigenvalue weighted by Crippen LogP contribution is -2.26. The Morgan fingerprint density at radius 2 is 1.75 bits per heavy atom. The molecule has 2 heteroatoms. The Morgan fingerprint density at radius 3 is 2.56 bits per heavy atom. The van der Waals surface area contributed by atoms with Crippen LogP contribution in [-0.4, -0.2) is 12.6 Å². The minimum atomic E-state index is 0.163. The van der Waals surface area contributed by atoms with Gasteiger partial charge in [0.2, 0.25) is 0 Å². The fourth-order valence-corrected chi connectivity index (χ4v) is 2.07. The molecule has 0 aliphatic heterocycles. The molecule has 0 fully saturated rings. The second-order valence-electron chi connectivity index (χ2n) is 4.18. The summed E-state index contributed by atoms with van der Waals surface area (Å²) in [5.74, 6) is 0. The Kier molecular flexibility index (Phi) is 3.54. The van der Waals surface area contributed by atoms with Crippen molar-refractivity contribution in [1.29, 1.82) is 0 Å². The van der Waals surface area contributed by atoms with Crippen LogP contribution in [0.4, 0.5) is 0 Å². The van der Waals surface area contributed by atoms with Crippen molar-refractivity contribution >= 4 is 10.8 Å². The van der Waals surface area contributed by atoms with E-state index < -0.39 is 0 Å². The van der Waals surface area contributed by atoms with Crippen LogP contribution in [0.5, 0.6) is 0 Å². The Hall–Kier alpha value is -1.38. The van der Waals surface area contributed by atoms with E-state index in [2.05, 4.69) is 42.5 Å². The Bertz CT molecular complexity index is 460. The highest BCUT2D eigenvalue weighted by atomic mass is 14.6. The van der Waals surface area contributed by atoms with Crippen LogP contribution in [0.15, 0.2) is 42.5 Å². The van der Waals surface area contributed by atoms with E-state index in [1.165, 1.54) is 16.3 Å². The van der Waals surface area contributed by atoms with Crippen LogP contribution >= 0.6 is 0 Å². The van der Waals surface area contributed by atoms with Crippen molar-refractivity contribution < 1.29 is 0 Å². The molecule has 0 radical (unpaired) electrons. The Balaban J connectivity index is 2.30. The van der Waals surface area contributed by atoms with Gasteiger partial charge in [-0.2, -0.15) is 0 Å².